The lowest BCUT2D eigenvalue weighted by Crippen LogP contribution is -2.36. The summed E-state index contributed by atoms with van der Waals surface area (Å²) in [4.78, 5) is 0. The zero-order valence-electron chi connectivity index (χ0n) is 12.2. The molecule has 3 aliphatic rings. The van der Waals surface area contributed by atoms with Gasteiger partial charge in [-0.2, -0.15) is 0 Å². The van der Waals surface area contributed by atoms with Crippen LogP contribution in [0.5, 0.6) is 11.5 Å². The molecule has 1 aromatic rings. The van der Waals surface area contributed by atoms with E-state index in [0.717, 1.165) is 36.3 Å². The van der Waals surface area contributed by atoms with Gasteiger partial charge in [-0.25, -0.2) is 0 Å². The molecule has 3 unspecified atom stereocenters. The highest BCUT2D eigenvalue weighted by Gasteiger charge is 2.32. The molecule has 0 saturated heterocycles. The standard InChI is InChI=1S/C17H23NO2/c1-11-3-2-4-13(7-11)17-14-9-16-15(19-10-20-16)8-12(14)5-6-18-17/h8-9,11,13,17-18H,2-7,10H2,1H3. The van der Waals surface area contributed by atoms with Crippen molar-refractivity contribution in [3.63, 3.8) is 0 Å². The molecule has 3 atom stereocenters. The molecule has 1 aliphatic carbocycles. The molecule has 3 heteroatoms. The molecule has 0 radical (unpaired) electrons. The van der Waals surface area contributed by atoms with Crippen molar-refractivity contribution in [1.82, 2.24) is 5.32 Å². The second kappa shape index (κ2) is 4.96. The second-order valence-corrected chi connectivity index (χ2v) is 6.62. The van der Waals surface area contributed by atoms with Gasteiger partial charge in [-0.3, -0.25) is 0 Å². The van der Waals surface area contributed by atoms with Crippen LogP contribution in [-0.4, -0.2) is 13.3 Å². The van der Waals surface area contributed by atoms with Crippen LogP contribution in [0.1, 0.15) is 49.8 Å². The Kier molecular flexibility index (Phi) is 3.10. The van der Waals surface area contributed by atoms with Crippen molar-refractivity contribution < 1.29 is 9.47 Å². The minimum Gasteiger partial charge on any atom is -0.454 e. The lowest BCUT2D eigenvalue weighted by molar-refractivity contribution is 0.174. The van der Waals surface area contributed by atoms with Crippen molar-refractivity contribution >= 4 is 0 Å². The van der Waals surface area contributed by atoms with Crippen molar-refractivity contribution in [2.45, 2.75) is 45.1 Å². The van der Waals surface area contributed by atoms with Crippen molar-refractivity contribution in [2.24, 2.45) is 11.8 Å². The fourth-order valence-electron chi connectivity index (χ4n) is 4.18. The van der Waals surface area contributed by atoms with Crippen LogP contribution in [0.2, 0.25) is 0 Å². The summed E-state index contributed by atoms with van der Waals surface area (Å²) in [7, 11) is 0. The molecule has 2 aliphatic heterocycles. The first kappa shape index (κ1) is 12.5. The topological polar surface area (TPSA) is 30.5 Å². The van der Waals surface area contributed by atoms with Crippen molar-refractivity contribution in [2.75, 3.05) is 13.3 Å². The van der Waals surface area contributed by atoms with Gasteiger partial charge < -0.3 is 14.8 Å². The van der Waals surface area contributed by atoms with E-state index in [9.17, 15) is 0 Å². The van der Waals surface area contributed by atoms with Gasteiger partial charge in [-0.05, 0) is 60.9 Å². The fraction of sp³-hybridized carbons (Fsp3) is 0.647. The summed E-state index contributed by atoms with van der Waals surface area (Å²) in [6.07, 6.45) is 6.59. The molecule has 20 heavy (non-hydrogen) atoms. The van der Waals surface area contributed by atoms with Gasteiger partial charge in [-0.15, -0.1) is 0 Å². The molecule has 2 heterocycles. The van der Waals surface area contributed by atoms with E-state index >= 15 is 0 Å². The van der Waals surface area contributed by atoms with Crippen LogP contribution >= 0.6 is 0 Å². The van der Waals surface area contributed by atoms with E-state index < -0.39 is 0 Å². The molecule has 0 amide bonds. The monoisotopic (exact) mass is 273 g/mol. The Labute approximate surface area is 120 Å². The maximum absolute atomic E-state index is 5.57. The van der Waals surface area contributed by atoms with E-state index in [1.54, 1.807) is 0 Å². The van der Waals surface area contributed by atoms with Gasteiger partial charge in [0.25, 0.3) is 0 Å². The minimum atomic E-state index is 0.372. The molecule has 108 valence electrons. The van der Waals surface area contributed by atoms with Crippen molar-refractivity contribution in [3.8, 4) is 11.5 Å². The van der Waals surface area contributed by atoms with Gasteiger partial charge in [0.15, 0.2) is 11.5 Å². The van der Waals surface area contributed by atoms with Gasteiger partial charge in [0.2, 0.25) is 6.79 Å². The second-order valence-electron chi connectivity index (χ2n) is 6.62. The molecule has 0 spiro atoms. The molecule has 3 nitrogen and oxygen atoms in total. The van der Waals surface area contributed by atoms with Crippen LogP contribution in [0.4, 0.5) is 0 Å². The Balaban J connectivity index is 1.67. The zero-order valence-corrected chi connectivity index (χ0v) is 12.2. The Hall–Kier alpha value is -1.22. The summed E-state index contributed by atoms with van der Waals surface area (Å²) in [6, 6.07) is 4.95. The lowest BCUT2D eigenvalue weighted by Gasteiger charge is -2.37. The summed E-state index contributed by atoms with van der Waals surface area (Å²) in [5.74, 6) is 3.51. The number of nitrogens with one attached hydrogen (secondary N) is 1. The Morgan fingerprint density at radius 3 is 2.85 bits per heavy atom. The summed E-state index contributed by atoms with van der Waals surface area (Å²) >= 11 is 0. The van der Waals surface area contributed by atoms with Gasteiger partial charge >= 0.3 is 0 Å². The SMILES string of the molecule is CC1CCCC(C2NCCc3cc4c(cc32)OCO4)C1. The third-order valence-electron chi connectivity index (χ3n) is 5.18. The molecular formula is C17H23NO2. The normalized spacial score (nSPS) is 31.9. The number of ether oxygens (including phenoxy) is 2. The molecule has 1 aromatic carbocycles. The predicted molar refractivity (Wildman–Crippen MR) is 78.1 cm³/mol. The summed E-state index contributed by atoms with van der Waals surface area (Å²) < 4.78 is 11.1. The van der Waals surface area contributed by atoms with Gasteiger partial charge in [-0.1, -0.05) is 19.8 Å². The Bertz CT molecular complexity index is 514. The highest BCUT2D eigenvalue weighted by molar-refractivity contribution is 5.50. The Morgan fingerprint density at radius 1 is 1.15 bits per heavy atom. The predicted octanol–water partition coefficient (Wildman–Crippen LogP) is 3.43. The number of benzene rings is 1. The van der Waals surface area contributed by atoms with Gasteiger partial charge in [0, 0.05) is 6.04 Å². The molecule has 1 saturated carbocycles. The van der Waals surface area contributed by atoms with Gasteiger partial charge in [0.05, 0.1) is 0 Å². The van der Waals surface area contributed by atoms with E-state index in [4.69, 9.17) is 9.47 Å². The van der Waals surface area contributed by atoms with E-state index in [0.29, 0.717) is 12.8 Å². The lowest BCUT2D eigenvalue weighted by atomic mass is 9.75. The van der Waals surface area contributed by atoms with Crippen LogP contribution in [0.3, 0.4) is 0 Å². The van der Waals surface area contributed by atoms with E-state index in [-0.39, 0.29) is 0 Å². The number of fused-ring (bicyclic) bond motifs is 2. The summed E-state index contributed by atoms with van der Waals surface area (Å²) in [6.45, 7) is 3.86. The van der Waals surface area contributed by atoms with E-state index in [2.05, 4.69) is 24.4 Å². The third kappa shape index (κ3) is 2.08. The van der Waals surface area contributed by atoms with Crippen LogP contribution in [-0.2, 0) is 6.42 Å². The molecule has 0 bridgehead atoms. The number of rotatable bonds is 1. The minimum absolute atomic E-state index is 0.372. The number of hydrogen-bond donors (Lipinski definition) is 1. The van der Waals surface area contributed by atoms with Crippen molar-refractivity contribution in [1.29, 1.82) is 0 Å². The summed E-state index contributed by atoms with van der Waals surface area (Å²) in [5.41, 5.74) is 2.91. The first-order valence-corrected chi connectivity index (χ1v) is 7.97. The highest BCUT2D eigenvalue weighted by Crippen LogP contribution is 2.43. The molecule has 4 rings (SSSR count). The number of hydrogen-bond acceptors (Lipinski definition) is 3. The fourth-order valence-corrected chi connectivity index (χ4v) is 4.18. The van der Waals surface area contributed by atoms with Crippen LogP contribution in [0, 0.1) is 11.8 Å². The molecular weight excluding hydrogens is 250 g/mol. The average molecular weight is 273 g/mol. The largest absolute Gasteiger partial charge is 0.454 e. The third-order valence-corrected chi connectivity index (χ3v) is 5.18. The molecule has 0 aromatic heterocycles. The van der Waals surface area contributed by atoms with Gasteiger partial charge in [0.1, 0.15) is 0 Å². The first-order valence-electron chi connectivity index (χ1n) is 7.97. The van der Waals surface area contributed by atoms with E-state index in [1.165, 1.54) is 36.8 Å². The average Bonchev–Trinajstić information content (AvgIpc) is 2.91. The maximum Gasteiger partial charge on any atom is 0.231 e. The Morgan fingerprint density at radius 2 is 2.00 bits per heavy atom. The maximum atomic E-state index is 5.57. The molecule has 1 fully saturated rings. The smallest absolute Gasteiger partial charge is 0.231 e. The first-order chi connectivity index (χ1) is 9.81. The van der Waals surface area contributed by atoms with E-state index in [1.807, 2.05) is 0 Å². The van der Waals surface area contributed by atoms with Crippen LogP contribution < -0.4 is 14.8 Å². The summed E-state index contributed by atoms with van der Waals surface area (Å²) in [5, 5.41) is 3.76. The van der Waals surface area contributed by atoms with Crippen LogP contribution in [0.15, 0.2) is 12.1 Å². The van der Waals surface area contributed by atoms with Crippen LogP contribution in [0.25, 0.3) is 0 Å². The molecule has 1 N–H and O–H groups in total. The van der Waals surface area contributed by atoms with Crippen molar-refractivity contribution in [3.05, 3.63) is 23.3 Å². The zero-order chi connectivity index (χ0) is 13.5. The highest BCUT2D eigenvalue weighted by atomic mass is 16.7. The quantitative estimate of drug-likeness (QED) is 0.850.